The fraction of sp³-hybridized carbons (Fsp3) is 0.0714. The number of hydrogen-bond acceptors (Lipinski definition) is 3. The molecule has 19 heavy (non-hydrogen) atoms. The number of aliphatic hydroxyl groups is 1. The van der Waals surface area contributed by atoms with Gasteiger partial charge in [0.25, 0.3) is 0 Å². The highest BCUT2D eigenvalue weighted by Crippen LogP contribution is 2.31. The van der Waals surface area contributed by atoms with E-state index in [0.29, 0.717) is 0 Å². The quantitative estimate of drug-likeness (QED) is 0.800. The molecule has 2 aromatic carbocycles. The molecule has 0 amide bonds. The van der Waals surface area contributed by atoms with Gasteiger partial charge in [-0.05, 0) is 17.7 Å². The predicted molar refractivity (Wildman–Crippen MR) is 75.6 cm³/mol. The van der Waals surface area contributed by atoms with Gasteiger partial charge in [0.15, 0.2) is 0 Å². The summed E-state index contributed by atoms with van der Waals surface area (Å²) in [4.78, 5) is 11.4. The Kier molecular flexibility index (Phi) is 4.58. The summed E-state index contributed by atoms with van der Waals surface area (Å²) >= 11 is 0. The first-order chi connectivity index (χ1) is 8.55. The molecule has 3 N–H and O–H groups in total. The van der Waals surface area contributed by atoms with Crippen molar-refractivity contribution < 1.29 is 20.1 Å². The molecular formula is C14H14O4S. The highest BCUT2D eigenvalue weighted by Gasteiger charge is 2.40. The average molecular weight is 278 g/mol. The maximum atomic E-state index is 11.4. The molecule has 0 unspecified atom stereocenters. The van der Waals surface area contributed by atoms with Crippen molar-refractivity contribution in [2.24, 2.45) is 0 Å². The minimum Gasteiger partial charge on any atom is -0.508 e. The van der Waals surface area contributed by atoms with Crippen LogP contribution in [0.4, 0.5) is 0 Å². The molecule has 4 nitrogen and oxygen atoms in total. The van der Waals surface area contributed by atoms with E-state index in [9.17, 15) is 20.1 Å². The van der Waals surface area contributed by atoms with E-state index in [1.165, 1.54) is 36.4 Å². The summed E-state index contributed by atoms with van der Waals surface area (Å²) in [5, 5.41) is 29.1. The van der Waals surface area contributed by atoms with Gasteiger partial charge in [-0.25, -0.2) is 4.79 Å². The van der Waals surface area contributed by atoms with Crippen LogP contribution in [-0.2, 0) is 10.4 Å². The molecule has 2 rings (SSSR count). The van der Waals surface area contributed by atoms with Crippen molar-refractivity contribution in [1.82, 2.24) is 0 Å². The Balaban J connectivity index is 0.00000180. The van der Waals surface area contributed by atoms with Gasteiger partial charge in [0, 0.05) is 5.56 Å². The third-order valence-corrected chi connectivity index (χ3v) is 2.77. The minimum absolute atomic E-state index is 0. The van der Waals surface area contributed by atoms with Crippen LogP contribution in [0.1, 0.15) is 11.1 Å². The Morgan fingerprint density at radius 2 is 1.53 bits per heavy atom. The number of hydrogen-bond donors (Lipinski definition) is 3. The van der Waals surface area contributed by atoms with Gasteiger partial charge in [-0.2, -0.15) is 13.5 Å². The first kappa shape index (κ1) is 15.1. The average Bonchev–Trinajstić information content (AvgIpc) is 2.38. The molecule has 0 aliphatic carbocycles. The van der Waals surface area contributed by atoms with Gasteiger partial charge in [-0.15, -0.1) is 0 Å². The zero-order valence-electron chi connectivity index (χ0n) is 9.95. The first-order valence-electron chi connectivity index (χ1n) is 5.36. The van der Waals surface area contributed by atoms with Crippen molar-refractivity contribution in [3.05, 3.63) is 65.7 Å². The Labute approximate surface area is 117 Å². The maximum absolute atomic E-state index is 11.4. The topological polar surface area (TPSA) is 77.8 Å². The van der Waals surface area contributed by atoms with Gasteiger partial charge in [-0.1, -0.05) is 42.5 Å². The molecule has 1 atom stereocenters. The van der Waals surface area contributed by atoms with Crippen molar-refractivity contribution in [3.63, 3.8) is 0 Å². The van der Waals surface area contributed by atoms with Gasteiger partial charge < -0.3 is 15.3 Å². The van der Waals surface area contributed by atoms with Crippen LogP contribution >= 0.6 is 13.5 Å². The van der Waals surface area contributed by atoms with Gasteiger partial charge in [0.05, 0.1) is 0 Å². The summed E-state index contributed by atoms with van der Waals surface area (Å²) in [6.07, 6.45) is 0. The van der Waals surface area contributed by atoms with Crippen LogP contribution in [0.5, 0.6) is 5.75 Å². The Morgan fingerprint density at radius 3 is 2.05 bits per heavy atom. The summed E-state index contributed by atoms with van der Waals surface area (Å²) in [7, 11) is 0. The van der Waals surface area contributed by atoms with E-state index < -0.39 is 11.6 Å². The van der Waals surface area contributed by atoms with Crippen LogP contribution in [-0.4, -0.2) is 21.3 Å². The van der Waals surface area contributed by atoms with Crippen LogP contribution in [0.15, 0.2) is 54.6 Å². The van der Waals surface area contributed by atoms with Gasteiger partial charge in [0.1, 0.15) is 5.75 Å². The molecule has 0 aromatic heterocycles. The summed E-state index contributed by atoms with van der Waals surface area (Å²) in [6, 6.07) is 13.7. The molecule has 0 heterocycles. The summed E-state index contributed by atoms with van der Waals surface area (Å²) < 4.78 is 0. The van der Waals surface area contributed by atoms with Crippen molar-refractivity contribution in [1.29, 1.82) is 0 Å². The van der Waals surface area contributed by atoms with E-state index in [1.807, 2.05) is 0 Å². The molecule has 0 radical (unpaired) electrons. The van der Waals surface area contributed by atoms with Crippen molar-refractivity contribution >= 4 is 19.5 Å². The number of phenolic OH excluding ortho intramolecular Hbond substituents is 1. The molecule has 0 spiro atoms. The number of benzene rings is 2. The van der Waals surface area contributed by atoms with Crippen LogP contribution in [0.3, 0.4) is 0 Å². The van der Waals surface area contributed by atoms with Crippen molar-refractivity contribution in [2.75, 3.05) is 0 Å². The standard InChI is InChI=1S/C14H12O4.H2S/c15-12-8-4-7-11(9-12)14(18,13(16)17)10-5-2-1-3-6-10;/h1-9,15,18H,(H,16,17);1H2/t14-;/m0./s1. The lowest BCUT2D eigenvalue weighted by molar-refractivity contribution is -0.155. The molecule has 100 valence electrons. The van der Waals surface area contributed by atoms with Crippen molar-refractivity contribution in [2.45, 2.75) is 5.60 Å². The number of carbonyl (C=O) groups is 1. The van der Waals surface area contributed by atoms with E-state index in [0.717, 1.165) is 0 Å². The molecule has 0 saturated heterocycles. The Morgan fingerprint density at radius 1 is 0.947 bits per heavy atom. The van der Waals surface area contributed by atoms with Crippen LogP contribution in [0, 0.1) is 0 Å². The first-order valence-corrected chi connectivity index (χ1v) is 5.36. The van der Waals surface area contributed by atoms with Gasteiger partial charge in [0.2, 0.25) is 5.60 Å². The van der Waals surface area contributed by atoms with Crippen LogP contribution in [0.2, 0.25) is 0 Å². The molecule has 0 aliphatic rings. The highest BCUT2D eigenvalue weighted by molar-refractivity contribution is 7.59. The number of carboxylic acids is 1. The largest absolute Gasteiger partial charge is 0.508 e. The lowest BCUT2D eigenvalue weighted by Crippen LogP contribution is -2.36. The highest BCUT2D eigenvalue weighted by atomic mass is 32.1. The van der Waals surface area contributed by atoms with E-state index >= 15 is 0 Å². The van der Waals surface area contributed by atoms with Gasteiger partial charge in [-0.3, -0.25) is 0 Å². The third kappa shape index (κ3) is 2.72. The molecular weight excluding hydrogens is 264 g/mol. The lowest BCUT2D eigenvalue weighted by atomic mass is 9.86. The number of aliphatic carboxylic acids is 1. The van der Waals surface area contributed by atoms with Gasteiger partial charge >= 0.3 is 5.97 Å². The summed E-state index contributed by atoms with van der Waals surface area (Å²) in [5.74, 6) is -1.48. The van der Waals surface area contributed by atoms with E-state index in [2.05, 4.69) is 0 Å². The fourth-order valence-corrected chi connectivity index (χ4v) is 1.82. The molecule has 0 saturated carbocycles. The molecule has 0 fully saturated rings. The summed E-state index contributed by atoms with van der Waals surface area (Å²) in [6.45, 7) is 0. The molecule has 2 aromatic rings. The van der Waals surface area contributed by atoms with E-state index in [1.54, 1.807) is 18.2 Å². The number of phenols is 1. The Bertz CT molecular complexity index is 571. The van der Waals surface area contributed by atoms with E-state index in [-0.39, 0.29) is 30.4 Å². The normalized spacial score (nSPS) is 13.1. The van der Waals surface area contributed by atoms with E-state index in [4.69, 9.17) is 0 Å². The third-order valence-electron chi connectivity index (χ3n) is 2.77. The monoisotopic (exact) mass is 278 g/mol. The SMILES string of the molecule is O=C(O)[C@](O)(c1ccccc1)c1cccc(O)c1.S. The van der Waals surface area contributed by atoms with Crippen LogP contribution in [0.25, 0.3) is 0 Å². The lowest BCUT2D eigenvalue weighted by Gasteiger charge is -2.24. The zero-order valence-corrected chi connectivity index (χ0v) is 10.9. The number of carboxylic acid groups (broad SMARTS) is 1. The van der Waals surface area contributed by atoms with Crippen LogP contribution < -0.4 is 0 Å². The summed E-state index contributed by atoms with van der Waals surface area (Å²) in [5.41, 5.74) is -1.82. The molecule has 0 bridgehead atoms. The second kappa shape index (κ2) is 5.77. The smallest absolute Gasteiger partial charge is 0.345 e. The number of rotatable bonds is 3. The minimum atomic E-state index is -2.17. The second-order valence-electron chi connectivity index (χ2n) is 3.93. The van der Waals surface area contributed by atoms with Crippen molar-refractivity contribution in [3.8, 4) is 5.75 Å². The second-order valence-corrected chi connectivity index (χ2v) is 3.93. The molecule has 5 heteroatoms. The molecule has 0 aliphatic heterocycles. The Hall–Kier alpha value is -1.98. The number of aromatic hydroxyl groups is 1. The maximum Gasteiger partial charge on any atom is 0.345 e. The predicted octanol–water partition coefficient (Wildman–Crippen LogP) is 1.83. The fourth-order valence-electron chi connectivity index (χ4n) is 1.82. The zero-order chi connectivity index (χ0) is 13.2.